The molecule has 0 rings (SSSR count). The molecule has 0 spiro atoms. The number of unbranched alkanes of at least 4 members (excludes halogenated alkanes) is 1. The fraction of sp³-hybridized carbons (Fsp3) is 0.571. The van der Waals surface area contributed by atoms with Gasteiger partial charge in [0, 0.05) is 12.2 Å². The van der Waals surface area contributed by atoms with Crippen LogP contribution in [0.1, 0.15) is 12.8 Å². The lowest BCUT2D eigenvalue weighted by Gasteiger charge is -1.98. The van der Waals surface area contributed by atoms with Crippen molar-refractivity contribution in [3.63, 3.8) is 0 Å². The van der Waals surface area contributed by atoms with E-state index in [4.69, 9.17) is 23.4 Å². The predicted molar refractivity (Wildman–Crippen MR) is 50.1 cm³/mol. The molecule has 0 aliphatic heterocycles. The lowest BCUT2D eigenvalue weighted by atomic mass is 10.4. The summed E-state index contributed by atoms with van der Waals surface area (Å²) < 4.78 is 5.37. The smallest absolute Gasteiger partial charge is 0.219 e. The number of methoxy groups -OCH3 is 1. The van der Waals surface area contributed by atoms with Crippen molar-refractivity contribution in [1.29, 1.82) is 0 Å². The summed E-state index contributed by atoms with van der Waals surface area (Å²) in [7, 11) is 1.58. The monoisotopic (exact) mass is 174 g/mol. The summed E-state index contributed by atoms with van der Waals surface area (Å²) in [5.74, 6) is 3.52. The molecule has 0 atom stereocenters. The van der Waals surface area contributed by atoms with Crippen molar-refractivity contribution in [3.05, 3.63) is 0 Å². The van der Waals surface area contributed by atoms with E-state index >= 15 is 0 Å². The van der Waals surface area contributed by atoms with Gasteiger partial charge in [-0.1, -0.05) is 11.8 Å². The maximum absolute atomic E-state index is 5.05. The van der Waals surface area contributed by atoms with Gasteiger partial charge >= 0.3 is 0 Å². The van der Waals surface area contributed by atoms with Crippen molar-refractivity contribution in [1.82, 2.24) is 0 Å². The van der Waals surface area contributed by atoms with Crippen LogP contribution in [-0.2, 0) is 4.74 Å². The maximum atomic E-state index is 5.05. The zero-order valence-electron chi connectivity index (χ0n) is 5.92. The molecule has 0 amide bonds. The number of thiocarbonyl (C=S) groups is 1. The summed E-state index contributed by atoms with van der Waals surface area (Å²) >= 11 is 6.32. The molecular weight excluding hydrogens is 164 g/mol. The molecule has 1 nitrogen and oxygen atoms in total. The van der Waals surface area contributed by atoms with Gasteiger partial charge in [0.2, 0.25) is 4.38 Å². The van der Waals surface area contributed by atoms with E-state index in [2.05, 4.69) is 5.92 Å². The Morgan fingerprint density at radius 2 is 2.50 bits per heavy atom. The van der Waals surface area contributed by atoms with Gasteiger partial charge in [0.15, 0.2) is 0 Å². The first-order valence-electron chi connectivity index (χ1n) is 2.95. The van der Waals surface area contributed by atoms with E-state index in [0.717, 1.165) is 18.6 Å². The summed E-state index contributed by atoms with van der Waals surface area (Å²) in [5.41, 5.74) is 0. The number of rotatable bonds is 3. The highest BCUT2D eigenvalue weighted by Gasteiger charge is 1.93. The van der Waals surface area contributed by atoms with Crippen molar-refractivity contribution in [3.8, 4) is 12.3 Å². The molecule has 0 heterocycles. The second-order valence-electron chi connectivity index (χ2n) is 1.61. The highest BCUT2D eigenvalue weighted by atomic mass is 32.2. The highest BCUT2D eigenvalue weighted by molar-refractivity contribution is 8.22. The van der Waals surface area contributed by atoms with Crippen molar-refractivity contribution in [2.24, 2.45) is 0 Å². The fourth-order valence-electron chi connectivity index (χ4n) is 0.389. The van der Waals surface area contributed by atoms with Crippen molar-refractivity contribution >= 4 is 28.4 Å². The first-order chi connectivity index (χ1) is 4.81. The van der Waals surface area contributed by atoms with Gasteiger partial charge in [-0.25, -0.2) is 0 Å². The van der Waals surface area contributed by atoms with Gasteiger partial charge < -0.3 is 4.74 Å². The highest BCUT2D eigenvalue weighted by Crippen LogP contribution is 2.07. The number of thioether (sulfide) groups is 1. The Hall–Kier alpha value is -0.200. The van der Waals surface area contributed by atoms with Gasteiger partial charge in [0.05, 0.1) is 7.11 Å². The SMILES string of the molecule is C#CCCCSC(=S)OC. The van der Waals surface area contributed by atoms with Gasteiger partial charge in [0.1, 0.15) is 0 Å². The summed E-state index contributed by atoms with van der Waals surface area (Å²) in [4.78, 5) is 0. The average molecular weight is 174 g/mol. The van der Waals surface area contributed by atoms with Crippen LogP contribution in [0, 0.1) is 12.3 Å². The molecule has 0 aliphatic rings. The Balaban J connectivity index is 3.05. The Labute approximate surface area is 71.5 Å². The number of terminal acetylenes is 1. The molecule has 0 aliphatic carbocycles. The summed E-state index contributed by atoms with van der Waals surface area (Å²) in [5, 5.41) is 0. The normalized spacial score (nSPS) is 8.40. The standard InChI is InChI=1S/C7H10OS2/c1-3-4-5-6-10-7(9)8-2/h1H,4-6H2,2H3. The van der Waals surface area contributed by atoms with E-state index < -0.39 is 0 Å². The quantitative estimate of drug-likeness (QED) is 0.368. The second kappa shape index (κ2) is 6.91. The van der Waals surface area contributed by atoms with E-state index in [9.17, 15) is 0 Å². The molecule has 0 aromatic rings. The van der Waals surface area contributed by atoms with Crippen LogP contribution in [0.5, 0.6) is 0 Å². The molecule has 0 aromatic heterocycles. The van der Waals surface area contributed by atoms with Crippen LogP contribution in [0.3, 0.4) is 0 Å². The molecule has 0 saturated heterocycles. The van der Waals surface area contributed by atoms with Gasteiger partial charge in [0.25, 0.3) is 0 Å². The van der Waals surface area contributed by atoms with Crippen LogP contribution in [0.25, 0.3) is 0 Å². The average Bonchev–Trinajstić information content (AvgIpc) is 1.98. The molecule has 3 heteroatoms. The van der Waals surface area contributed by atoms with Crippen molar-refractivity contribution in [2.45, 2.75) is 12.8 Å². The minimum atomic E-state index is 0.594. The van der Waals surface area contributed by atoms with Gasteiger partial charge in [-0.2, -0.15) is 0 Å². The van der Waals surface area contributed by atoms with Crippen LogP contribution in [0.15, 0.2) is 0 Å². The molecule has 0 unspecified atom stereocenters. The molecule has 0 aromatic carbocycles. The van der Waals surface area contributed by atoms with Crippen molar-refractivity contribution in [2.75, 3.05) is 12.9 Å². The van der Waals surface area contributed by atoms with Gasteiger partial charge in [-0.05, 0) is 18.6 Å². The molecule has 0 bridgehead atoms. The summed E-state index contributed by atoms with van der Waals surface area (Å²) in [6, 6.07) is 0. The number of hydrogen-bond acceptors (Lipinski definition) is 3. The zero-order chi connectivity index (χ0) is 7.82. The van der Waals surface area contributed by atoms with Gasteiger partial charge in [-0.3, -0.25) is 0 Å². The third-order valence-corrected chi connectivity index (χ3v) is 2.27. The number of ether oxygens (including phenoxy) is 1. The van der Waals surface area contributed by atoms with E-state index in [1.165, 1.54) is 11.8 Å². The van der Waals surface area contributed by atoms with Crippen LogP contribution >= 0.6 is 24.0 Å². The molecule has 56 valence electrons. The zero-order valence-corrected chi connectivity index (χ0v) is 7.56. The molecule has 0 saturated carbocycles. The molecule has 0 radical (unpaired) electrons. The largest absolute Gasteiger partial charge is 0.482 e. The predicted octanol–water partition coefficient (Wildman–Crippen LogP) is 2.06. The van der Waals surface area contributed by atoms with Crippen molar-refractivity contribution < 1.29 is 4.74 Å². The topological polar surface area (TPSA) is 9.23 Å². The van der Waals surface area contributed by atoms with Crippen LogP contribution in [-0.4, -0.2) is 17.2 Å². The third-order valence-electron chi connectivity index (χ3n) is 0.852. The first kappa shape index (κ1) is 9.80. The number of hydrogen-bond donors (Lipinski definition) is 0. The Morgan fingerprint density at radius 3 is 3.00 bits per heavy atom. The molecule has 0 N–H and O–H groups in total. The third kappa shape index (κ3) is 5.93. The second-order valence-corrected chi connectivity index (χ2v) is 3.31. The Morgan fingerprint density at radius 1 is 1.80 bits per heavy atom. The Kier molecular flexibility index (Phi) is 6.78. The van der Waals surface area contributed by atoms with Crippen LogP contribution in [0.2, 0.25) is 0 Å². The van der Waals surface area contributed by atoms with E-state index in [0.29, 0.717) is 4.38 Å². The molecule has 10 heavy (non-hydrogen) atoms. The lowest BCUT2D eigenvalue weighted by molar-refractivity contribution is 0.426. The summed E-state index contributed by atoms with van der Waals surface area (Å²) in [6.45, 7) is 0. The fourth-order valence-corrected chi connectivity index (χ4v) is 1.21. The minimum Gasteiger partial charge on any atom is -0.482 e. The van der Waals surface area contributed by atoms with E-state index in [1.54, 1.807) is 7.11 Å². The minimum absolute atomic E-state index is 0.594. The van der Waals surface area contributed by atoms with Gasteiger partial charge in [-0.15, -0.1) is 12.3 Å². The summed E-state index contributed by atoms with van der Waals surface area (Å²) in [6.07, 6.45) is 6.88. The van der Waals surface area contributed by atoms with Crippen LogP contribution < -0.4 is 0 Å². The first-order valence-corrected chi connectivity index (χ1v) is 4.35. The molecular formula is C7H10OS2. The lowest BCUT2D eigenvalue weighted by Crippen LogP contribution is -1.91. The maximum Gasteiger partial charge on any atom is 0.219 e. The van der Waals surface area contributed by atoms with Crippen LogP contribution in [0.4, 0.5) is 0 Å². The van der Waals surface area contributed by atoms with E-state index in [1.807, 2.05) is 0 Å². The van der Waals surface area contributed by atoms with E-state index in [-0.39, 0.29) is 0 Å². The Bertz CT molecular complexity index is 137. The molecule has 0 fully saturated rings.